The van der Waals surface area contributed by atoms with E-state index in [-0.39, 0.29) is 41.8 Å². The first kappa shape index (κ1) is 39.0. The zero-order chi connectivity index (χ0) is 39.3. The lowest BCUT2D eigenvalue weighted by Gasteiger charge is -2.25. The van der Waals surface area contributed by atoms with Crippen molar-refractivity contribution in [2.45, 2.75) is 44.2 Å². The van der Waals surface area contributed by atoms with Gasteiger partial charge in [-0.25, -0.2) is 33.7 Å². The van der Waals surface area contributed by atoms with Gasteiger partial charge in [-0.15, -0.1) is 0 Å². The number of esters is 1. The Kier molecular flexibility index (Phi) is 11.9. The maximum atomic E-state index is 14.6. The normalized spacial score (nSPS) is 19.8. The van der Waals surface area contributed by atoms with Crippen molar-refractivity contribution in [3.05, 3.63) is 98.9 Å². The van der Waals surface area contributed by atoms with Crippen LogP contribution < -0.4 is 22.3 Å². The molecule has 0 saturated heterocycles. The first-order valence-electron chi connectivity index (χ1n) is 16.3. The van der Waals surface area contributed by atoms with Gasteiger partial charge in [-0.3, -0.25) is 28.2 Å². The van der Waals surface area contributed by atoms with Gasteiger partial charge in [-0.05, 0) is 5.56 Å². The van der Waals surface area contributed by atoms with Crippen LogP contribution in [0, 0.1) is 0 Å². The third-order valence-corrected chi connectivity index (χ3v) is 11.4. The molecule has 1 amide bonds. The van der Waals surface area contributed by atoms with E-state index in [1.165, 1.54) is 31.3 Å². The number of fused-ring (bicyclic) bond motifs is 1. The summed E-state index contributed by atoms with van der Waals surface area (Å²) in [4.78, 5) is 63.8. The van der Waals surface area contributed by atoms with Gasteiger partial charge >= 0.3 is 18.5 Å². The van der Waals surface area contributed by atoms with Gasteiger partial charge in [0.1, 0.15) is 42.5 Å². The number of methoxy groups -OCH3 is 1. The second-order valence-corrected chi connectivity index (χ2v) is 15.8. The van der Waals surface area contributed by atoms with Crippen molar-refractivity contribution in [2.75, 3.05) is 32.0 Å². The molecule has 0 radical (unpaired) electrons. The number of nitrogens with two attached hydrogens (primary N) is 1. The second-order valence-electron chi connectivity index (χ2n) is 11.8. The number of nitrogens with one attached hydrogen (secondary N) is 2. The molecular formula is C32H35N8O13PS. The van der Waals surface area contributed by atoms with E-state index < -0.39 is 73.6 Å². The number of hydrogen-bond acceptors (Lipinski definition) is 18. The summed E-state index contributed by atoms with van der Waals surface area (Å²) in [6.07, 6.45) is 0.113. The highest BCUT2D eigenvalue weighted by Gasteiger charge is 2.46. The number of ether oxygens (including phenoxy) is 4. The fourth-order valence-electron chi connectivity index (χ4n) is 5.58. The van der Waals surface area contributed by atoms with Gasteiger partial charge in [0.25, 0.3) is 5.56 Å². The molecule has 3 aromatic heterocycles. The quantitative estimate of drug-likeness (QED) is 0.0606. The Balaban J connectivity index is 1.23. The van der Waals surface area contributed by atoms with Crippen LogP contribution in [0.2, 0.25) is 0 Å². The van der Waals surface area contributed by atoms with E-state index in [9.17, 15) is 34.0 Å². The number of carbonyl (C=O) groups is 2. The minimum absolute atomic E-state index is 0.0627. The van der Waals surface area contributed by atoms with Crippen LogP contribution in [0.3, 0.4) is 0 Å². The molecule has 0 spiro atoms. The van der Waals surface area contributed by atoms with E-state index in [0.29, 0.717) is 22.5 Å². The van der Waals surface area contributed by atoms with Gasteiger partial charge in [-0.2, -0.15) is 0 Å². The number of aliphatic hydroxyl groups is 2. The molecule has 292 valence electrons. The molecule has 4 aromatic rings. The molecule has 21 nitrogen and oxygen atoms in total. The number of hydrogen-bond donors (Lipinski definition) is 5. The van der Waals surface area contributed by atoms with E-state index in [4.69, 9.17) is 33.7 Å². The third-order valence-electron chi connectivity index (χ3n) is 8.13. The van der Waals surface area contributed by atoms with Gasteiger partial charge in [0.15, 0.2) is 41.4 Å². The molecule has 3 unspecified atom stereocenters. The van der Waals surface area contributed by atoms with E-state index >= 15 is 0 Å². The molecule has 23 heteroatoms. The lowest BCUT2D eigenvalue weighted by atomic mass is 10.1. The van der Waals surface area contributed by atoms with Crippen molar-refractivity contribution in [2.24, 2.45) is 0 Å². The minimum atomic E-state index is -4.57. The monoisotopic (exact) mass is 802 g/mol. The fourth-order valence-corrected chi connectivity index (χ4v) is 8.25. The number of amides is 1. The molecule has 0 fully saturated rings. The first-order valence-corrected chi connectivity index (χ1v) is 19.5. The number of nitrogens with zero attached hydrogens (tertiary/aromatic N) is 5. The Morgan fingerprint density at radius 2 is 1.96 bits per heavy atom. The van der Waals surface area contributed by atoms with Crippen LogP contribution in [0.25, 0.3) is 17.0 Å². The van der Waals surface area contributed by atoms with Crippen LogP contribution in [0.15, 0.2) is 82.1 Å². The number of nitrogen functional groups attached to an aromatic ring is 1. The van der Waals surface area contributed by atoms with Gasteiger partial charge in [0, 0.05) is 37.0 Å². The first-order chi connectivity index (χ1) is 26.4. The largest absolute Gasteiger partial charge is 0.508 e. The molecule has 0 saturated carbocycles. The molecule has 55 heavy (non-hydrogen) atoms. The van der Waals surface area contributed by atoms with E-state index in [1.807, 2.05) is 0 Å². The molecule has 5 atom stereocenters. The van der Waals surface area contributed by atoms with Crippen molar-refractivity contribution in [1.82, 2.24) is 34.4 Å². The van der Waals surface area contributed by atoms with Crippen LogP contribution in [0.4, 0.5) is 5.82 Å². The number of anilines is 1. The minimum Gasteiger partial charge on any atom is -0.508 e. The molecule has 1 aromatic carbocycles. The summed E-state index contributed by atoms with van der Waals surface area (Å²) < 4.78 is 51.3. The lowest BCUT2D eigenvalue weighted by molar-refractivity contribution is -0.145. The average molecular weight is 803 g/mol. The Morgan fingerprint density at radius 3 is 2.67 bits per heavy atom. The number of imidazole rings is 1. The summed E-state index contributed by atoms with van der Waals surface area (Å²) in [6, 6.07) is 8.81. The Bertz CT molecular complexity index is 2300. The predicted octanol–water partition coefficient (Wildman–Crippen LogP) is 1.30. The number of H-pyrrole nitrogens is 1. The van der Waals surface area contributed by atoms with Gasteiger partial charge < -0.3 is 40.2 Å². The Labute approximate surface area is 314 Å². The highest BCUT2D eigenvalue weighted by atomic mass is 32.7. The summed E-state index contributed by atoms with van der Waals surface area (Å²) in [5.41, 5.74) is 5.68. The topological polar surface area (TPSA) is 284 Å². The Hall–Kier alpha value is -5.67. The van der Waals surface area contributed by atoms with Crippen molar-refractivity contribution in [1.29, 1.82) is 0 Å². The summed E-state index contributed by atoms with van der Waals surface area (Å²) in [5, 5.41) is 23.6. The number of aromatic nitrogens is 6. The molecule has 2 aliphatic rings. The summed E-state index contributed by atoms with van der Waals surface area (Å²) in [5.74, 6) is -2.72. The van der Waals surface area contributed by atoms with Crippen molar-refractivity contribution >= 4 is 52.9 Å². The number of rotatable bonds is 16. The zero-order valence-corrected chi connectivity index (χ0v) is 30.8. The predicted molar refractivity (Wildman–Crippen MR) is 192 cm³/mol. The van der Waals surface area contributed by atoms with Crippen LogP contribution in [0.1, 0.15) is 25.1 Å². The molecule has 5 heterocycles. The van der Waals surface area contributed by atoms with Gasteiger partial charge in [-0.1, -0.05) is 30.3 Å². The second kappa shape index (κ2) is 16.8. The number of carbonyl (C=O) groups excluding carboxylic acids is 2. The molecule has 0 aliphatic carbocycles. The molecule has 2 aliphatic heterocycles. The smallest absolute Gasteiger partial charge is 0.393 e. The van der Waals surface area contributed by atoms with Gasteiger partial charge in [0.2, 0.25) is 11.8 Å². The molecule has 6 rings (SSSR count). The van der Waals surface area contributed by atoms with Crippen LogP contribution >= 0.6 is 18.2 Å². The van der Waals surface area contributed by atoms with E-state index in [2.05, 4.69) is 25.3 Å². The highest BCUT2D eigenvalue weighted by Crippen LogP contribution is 2.63. The van der Waals surface area contributed by atoms with Crippen LogP contribution in [0.5, 0.6) is 0 Å². The Morgan fingerprint density at radius 1 is 1.18 bits per heavy atom. The van der Waals surface area contributed by atoms with E-state index in [1.54, 1.807) is 30.3 Å². The standard InChI is InChI=1S/C32H35N8O13PS/c1-17(42)37-19(10-18-6-4-3-5-7-18)31(45)49-16-55-54(47,53-26-21(12-41)52-30(27(26)48-2)39-9-8-23(44)38-32(39)46)50-13-22-20(43)11-24(51-22)40-15-36-25-28(33)34-14-35-29(25)40/h3-9,14-15,19,21,24,26,41,43H,10-13,16H2,1-2H3,(H,37,42)(H2,33,34,35)(H,38,44,46)/t19?,21-,24-,26?,54?/m1/s1. The highest BCUT2D eigenvalue weighted by molar-refractivity contribution is 8.55. The van der Waals surface area contributed by atoms with Gasteiger partial charge in [0.05, 0.1) is 20.1 Å². The van der Waals surface area contributed by atoms with Crippen molar-refractivity contribution in [3.8, 4) is 0 Å². The molecule has 6 N–H and O–H groups in total. The number of benzene rings is 1. The summed E-state index contributed by atoms with van der Waals surface area (Å²) >= 11 is 0.414. The number of aromatic amines is 1. The molecule has 0 bridgehead atoms. The van der Waals surface area contributed by atoms with Crippen molar-refractivity contribution in [3.63, 3.8) is 0 Å². The maximum Gasteiger partial charge on any atom is 0.393 e. The lowest BCUT2D eigenvalue weighted by Crippen LogP contribution is -2.42. The summed E-state index contributed by atoms with van der Waals surface area (Å²) in [7, 11) is 1.20. The molecular weight excluding hydrogens is 767 g/mol. The van der Waals surface area contributed by atoms with E-state index in [0.717, 1.165) is 22.4 Å². The fraction of sp³-hybridized carbons (Fsp3) is 0.344. The SMILES string of the molecule is COC1=C(n2ccc(=O)[nH]c2=O)O[C@H](CO)C1OP(=O)(OCC1=C(O)C[C@H](n2cnc3c(N)ncnc32)O1)SCOC(=O)C(Cc1ccccc1)NC(C)=O. The third kappa shape index (κ3) is 8.84. The summed E-state index contributed by atoms with van der Waals surface area (Å²) in [6.45, 7) is -4.70. The zero-order valence-electron chi connectivity index (χ0n) is 29.1. The maximum absolute atomic E-state index is 14.6. The average Bonchev–Trinajstić information content (AvgIpc) is 3.85. The number of aliphatic hydroxyl groups excluding tert-OH is 2. The van der Waals surface area contributed by atoms with Crippen LogP contribution in [-0.2, 0) is 48.6 Å². The van der Waals surface area contributed by atoms with Crippen LogP contribution in [-0.4, -0.2) is 95.7 Å². The van der Waals surface area contributed by atoms with Crippen molar-refractivity contribution < 1.29 is 52.4 Å².